The Bertz CT molecular complexity index is 2430. The molecule has 9 rings (SSSR count). The van der Waals surface area contributed by atoms with Gasteiger partial charge in [0, 0.05) is 27.6 Å². The van der Waals surface area contributed by atoms with E-state index in [0.29, 0.717) is 0 Å². The molecule has 1 heteroatoms. The van der Waals surface area contributed by atoms with E-state index < -0.39 is 0 Å². The molecule has 0 saturated carbocycles. The van der Waals surface area contributed by atoms with Gasteiger partial charge in [0.05, 0.1) is 5.69 Å². The summed E-state index contributed by atoms with van der Waals surface area (Å²) in [6.07, 6.45) is 0. The number of fused-ring (bicyclic) bond motifs is 10. The Labute approximate surface area is 284 Å². The van der Waals surface area contributed by atoms with E-state index in [1.165, 1.54) is 77.4 Å². The maximum Gasteiger partial charge on any atom is 0.0540 e. The van der Waals surface area contributed by atoms with Crippen molar-refractivity contribution in [1.29, 1.82) is 0 Å². The first kappa shape index (κ1) is 29.0. The van der Waals surface area contributed by atoms with Crippen LogP contribution >= 0.6 is 0 Å². The van der Waals surface area contributed by atoms with Crippen molar-refractivity contribution in [2.45, 2.75) is 57.8 Å². The van der Waals surface area contributed by atoms with Crippen molar-refractivity contribution in [2.75, 3.05) is 4.90 Å². The molecule has 0 unspecified atom stereocenters. The van der Waals surface area contributed by atoms with Gasteiger partial charge in [-0.05, 0) is 96.4 Å². The topological polar surface area (TPSA) is 3.24 Å². The maximum absolute atomic E-state index is 2.45. The lowest BCUT2D eigenvalue weighted by Gasteiger charge is -2.49. The summed E-state index contributed by atoms with van der Waals surface area (Å²) in [5, 5.41) is 5.21. The van der Waals surface area contributed by atoms with E-state index in [1.54, 1.807) is 0 Å². The molecule has 0 saturated heterocycles. The number of rotatable bonds is 3. The monoisotopic (exact) mass is 619 g/mol. The first-order chi connectivity index (χ1) is 23.1. The van der Waals surface area contributed by atoms with E-state index in [-0.39, 0.29) is 16.2 Å². The number of nitrogens with zero attached hydrogens (tertiary/aromatic N) is 1. The highest BCUT2D eigenvalue weighted by atomic mass is 15.1. The molecule has 0 atom stereocenters. The van der Waals surface area contributed by atoms with Crippen molar-refractivity contribution in [3.05, 3.63) is 162 Å². The lowest BCUT2D eigenvalue weighted by molar-refractivity contribution is 0.301. The Hall–Kier alpha value is -5.14. The van der Waals surface area contributed by atoms with Gasteiger partial charge in [-0.3, -0.25) is 0 Å². The molecule has 7 aromatic rings. The van der Waals surface area contributed by atoms with E-state index >= 15 is 0 Å². The van der Waals surface area contributed by atoms with Crippen LogP contribution in [0, 0.1) is 0 Å². The van der Waals surface area contributed by atoms with Crippen LogP contribution in [0.2, 0.25) is 0 Å². The Kier molecular flexibility index (Phi) is 6.01. The summed E-state index contributed by atoms with van der Waals surface area (Å²) in [6, 6.07) is 52.2. The number of hydrogen-bond acceptors (Lipinski definition) is 1. The number of anilines is 3. The van der Waals surface area contributed by atoms with Crippen LogP contribution in [-0.2, 0) is 16.2 Å². The average Bonchev–Trinajstić information content (AvgIpc) is 3.33. The third kappa shape index (κ3) is 3.79. The summed E-state index contributed by atoms with van der Waals surface area (Å²) in [5.41, 5.74) is 14.5. The molecule has 0 N–H and O–H groups in total. The molecule has 0 amide bonds. The zero-order valence-electron chi connectivity index (χ0n) is 28.7. The molecule has 0 aromatic heterocycles. The third-order valence-corrected chi connectivity index (χ3v) is 12.2. The summed E-state index contributed by atoms with van der Waals surface area (Å²) >= 11 is 0. The molecule has 0 aliphatic heterocycles. The van der Waals surface area contributed by atoms with Crippen molar-refractivity contribution in [1.82, 2.24) is 0 Å². The molecule has 0 heterocycles. The van der Waals surface area contributed by atoms with Gasteiger partial charge in [-0.1, -0.05) is 151 Å². The SMILES string of the molecule is CC1(C)c2ccccc2-c2ccc(N(c3ccccc3)c3cccc4c3ccc3c5c(ccc34)-c3ccccc3C(C)(C)C5(C)C)cc21. The summed E-state index contributed by atoms with van der Waals surface area (Å²) in [6.45, 7) is 14.4. The van der Waals surface area contributed by atoms with Crippen LogP contribution in [0.3, 0.4) is 0 Å². The van der Waals surface area contributed by atoms with Crippen LogP contribution in [0.4, 0.5) is 17.1 Å². The highest BCUT2D eigenvalue weighted by Crippen LogP contribution is 2.56. The van der Waals surface area contributed by atoms with Crippen molar-refractivity contribution in [3.8, 4) is 22.3 Å². The lowest BCUT2D eigenvalue weighted by Crippen LogP contribution is -2.43. The standard InChI is InChI=1S/C47H41N/c1-45(2)40-20-12-10-17-34(40)36-24-23-31(29-42(36)45)48(30-15-8-7-9-16-30)43-22-14-19-32-33-25-27-39-35-18-11-13-21-41(35)46(3,4)47(5,6)44(39)38(33)28-26-37(32)43/h7-29H,1-6H3. The van der Waals surface area contributed by atoms with Crippen molar-refractivity contribution in [3.63, 3.8) is 0 Å². The average molecular weight is 620 g/mol. The maximum atomic E-state index is 2.45. The molecule has 2 aliphatic rings. The zero-order chi connectivity index (χ0) is 33.0. The zero-order valence-corrected chi connectivity index (χ0v) is 28.7. The third-order valence-electron chi connectivity index (χ3n) is 12.2. The van der Waals surface area contributed by atoms with Gasteiger partial charge in [-0.25, -0.2) is 0 Å². The second-order valence-corrected chi connectivity index (χ2v) is 15.4. The van der Waals surface area contributed by atoms with Crippen LogP contribution in [0.15, 0.2) is 140 Å². The fraction of sp³-hybridized carbons (Fsp3) is 0.191. The largest absolute Gasteiger partial charge is 0.310 e. The number of benzene rings is 7. The van der Waals surface area contributed by atoms with Crippen molar-refractivity contribution < 1.29 is 0 Å². The van der Waals surface area contributed by atoms with E-state index in [0.717, 1.165) is 5.69 Å². The van der Waals surface area contributed by atoms with E-state index in [1.807, 2.05) is 0 Å². The van der Waals surface area contributed by atoms with E-state index in [4.69, 9.17) is 0 Å². The normalized spacial score (nSPS) is 16.2. The Morgan fingerprint density at radius 3 is 1.73 bits per heavy atom. The Morgan fingerprint density at radius 2 is 0.958 bits per heavy atom. The predicted molar refractivity (Wildman–Crippen MR) is 205 cm³/mol. The molecule has 48 heavy (non-hydrogen) atoms. The molecular weight excluding hydrogens is 579 g/mol. The van der Waals surface area contributed by atoms with Gasteiger partial charge in [0.25, 0.3) is 0 Å². The Morgan fingerprint density at radius 1 is 0.375 bits per heavy atom. The van der Waals surface area contributed by atoms with Gasteiger partial charge in [0.1, 0.15) is 0 Å². The fourth-order valence-electron chi connectivity index (χ4n) is 9.00. The summed E-state index contributed by atoms with van der Waals surface area (Å²) in [7, 11) is 0. The Balaban J connectivity index is 1.28. The van der Waals surface area contributed by atoms with E-state index in [2.05, 4.69) is 186 Å². The molecule has 234 valence electrons. The molecule has 0 bridgehead atoms. The minimum atomic E-state index is -0.0719. The van der Waals surface area contributed by atoms with Gasteiger partial charge in [0.2, 0.25) is 0 Å². The minimum Gasteiger partial charge on any atom is -0.310 e. The van der Waals surface area contributed by atoms with Gasteiger partial charge < -0.3 is 4.90 Å². The van der Waals surface area contributed by atoms with Crippen molar-refractivity contribution >= 4 is 38.6 Å². The van der Waals surface area contributed by atoms with Gasteiger partial charge in [0.15, 0.2) is 0 Å². The van der Waals surface area contributed by atoms with Crippen LogP contribution in [0.25, 0.3) is 43.8 Å². The molecule has 1 nitrogen and oxygen atoms in total. The van der Waals surface area contributed by atoms with Crippen LogP contribution in [0.1, 0.15) is 63.8 Å². The van der Waals surface area contributed by atoms with Gasteiger partial charge in [-0.2, -0.15) is 0 Å². The quantitative estimate of drug-likeness (QED) is 0.178. The summed E-state index contributed by atoms with van der Waals surface area (Å²) < 4.78 is 0. The molecule has 0 spiro atoms. The molecular formula is C47H41N. The molecule has 2 aliphatic carbocycles. The van der Waals surface area contributed by atoms with Gasteiger partial charge >= 0.3 is 0 Å². The summed E-state index contributed by atoms with van der Waals surface area (Å²) in [4.78, 5) is 2.45. The smallest absolute Gasteiger partial charge is 0.0540 e. The van der Waals surface area contributed by atoms with Crippen LogP contribution < -0.4 is 4.90 Å². The molecule has 0 radical (unpaired) electrons. The highest BCUT2D eigenvalue weighted by Gasteiger charge is 2.46. The van der Waals surface area contributed by atoms with Crippen LogP contribution in [-0.4, -0.2) is 0 Å². The number of hydrogen-bond donors (Lipinski definition) is 0. The second-order valence-electron chi connectivity index (χ2n) is 15.4. The first-order valence-electron chi connectivity index (χ1n) is 17.3. The predicted octanol–water partition coefficient (Wildman–Crippen LogP) is 13.0. The van der Waals surface area contributed by atoms with Crippen LogP contribution in [0.5, 0.6) is 0 Å². The molecule has 7 aromatic carbocycles. The first-order valence-corrected chi connectivity index (χ1v) is 17.3. The highest BCUT2D eigenvalue weighted by molar-refractivity contribution is 6.15. The number of para-hydroxylation sites is 1. The van der Waals surface area contributed by atoms with Crippen molar-refractivity contribution in [2.24, 2.45) is 0 Å². The second kappa shape index (κ2) is 9.94. The molecule has 0 fully saturated rings. The lowest BCUT2D eigenvalue weighted by atomic mass is 9.55. The summed E-state index contributed by atoms with van der Waals surface area (Å²) in [5.74, 6) is 0. The fourth-order valence-corrected chi connectivity index (χ4v) is 9.00. The minimum absolute atomic E-state index is 0.0210. The van der Waals surface area contributed by atoms with E-state index in [9.17, 15) is 0 Å². The van der Waals surface area contributed by atoms with Gasteiger partial charge in [-0.15, -0.1) is 0 Å².